The Morgan fingerprint density at radius 2 is 1.29 bits per heavy atom. The summed E-state index contributed by atoms with van der Waals surface area (Å²) >= 11 is 0. The molecule has 0 bridgehead atoms. The molecule has 1 heterocycles. The Morgan fingerprint density at radius 1 is 0.738 bits per heavy atom. The summed E-state index contributed by atoms with van der Waals surface area (Å²) in [6.07, 6.45) is 29.8. The molecule has 0 radical (unpaired) electrons. The molecule has 8 heteroatoms. The lowest BCUT2D eigenvalue weighted by Crippen LogP contribution is -2.41. The number of methoxy groups -OCH3 is 1. The lowest BCUT2D eigenvalue weighted by Gasteiger charge is -2.16. The molecule has 1 aromatic rings. The average Bonchev–Trinajstić information content (AvgIpc) is 3.40. The highest BCUT2D eigenvalue weighted by Crippen LogP contribution is 2.12. The van der Waals surface area contributed by atoms with E-state index in [1.165, 1.54) is 84.2 Å². The van der Waals surface area contributed by atoms with Gasteiger partial charge in [0.05, 0.1) is 20.7 Å². The van der Waals surface area contributed by atoms with Crippen molar-refractivity contribution in [3.63, 3.8) is 0 Å². The first-order valence-corrected chi connectivity index (χ1v) is 17.1. The number of aromatic nitrogens is 2. The molecule has 1 unspecified atom stereocenters. The van der Waals surface area contributed by atoms with Crippen molar-refractivity contribution in [2.24, 2.45) is 7.05 Å². The van der Waals surface area contributed by atoms with Crippen LogP contribution in [0.5, 0.6) is 0 Å². The second kappa shape index (κ2) is 26.3. The second-order valence-electron chi connectivity index (χ2n) is 12.0. The first-order valence-electron chi connectivity index (χ1n) is 17.1. The highest BCUT2D eigenvalue weighted by molar-refractivity contribution is 5.84. The largest absolute Gasteiger partial charge is 0.467 e. The van der Waals surface area contributed by atoms with Crippen LogP contribution < -0.4 is 15.2 Å². The van der Waals surface area contributed by atoms with E-state index < -0.39 is 12.0 Å². The standard InChI is InChI=1S/C34H62N4O4/c1-4-5-6-7-8-9-12-15-18-24-32(39)35-26-21-20-23-31(34(41)42-3)36-33(40)25-19-16-13-10-11-14-17-22-27-38-29-28-37(2)30-38/h28-31H,4-27H2,1-3H3,(H-,35,36,39,40)/p+1. The van der Waals surface area contributed by atoms with Gasteiger partial charge in [0.25, 0.3) is 0 Å². The number of carbonyl (C=O) groups is 3. The van der Waals surface area contributed by atoms with Gasteiger partial charge >= 0.3 is 5.97 Å². The van der Waals surface area contributed by atoms with Crippen LogP contribution in [0, 0.1) is 0 Å². The fourth-order valence-electron chi connectivity index (χ4n) is 5.32. The summed E-state index contributed by atoms with van der Waals surface area (Å²) in [6, 6.07) is -0.616. The molecule has 0 saturated heterocycles. The van der Waals surface area contributed by atoms with Gasteiger partial charge in [0, 0.05) is 19.4 Å². The van der Waals surface area contributed by atoms with E-state index in [2.05, 4.69) is 45.4 Å². The van der Waals surface area contributed by atoms with Gasteiger partial charge in [-0.2, -0.15) is 0 Å². The van der Waals surface area contributed by atoms with Crippen molar-refractivity contribution in [1.82, 2.24) is 15.2 Å². The van der Waals surface area contributed by atoms with E-state index in [9.17, 15) is 14.4 Å². The Hall–Kier alpha value is -2.38. The summed E-state index contributed by atoms with van der Waals surface area (Å²) in [7, 11) is 3.40. The van der Waals surface area contributed by atoms with Crippen molar-refractivity contribution in [2.45, 2.75) is 161 Å². The van der Waals surface area contributed by atoms with Gasteiger partial charge in [0.2, 0.25) is 18.1 Å². The van der Waals surface area contributed by atoms with Gasteiger partial charge in [-0.1, -0.05) is 90.4 Å². The molecule has 0 saturated carbocycles. The first kappa shape index (κ1) is 37.6. The molecule has 0 aromatic carbocycles. The Labute approximate surface area is 256 Å². The monoisotopic (exact) mass is 591 g/mol. The third-order valence-corrected chi connectivity index (χ3v) is 7.96. The van der Waals surface area contributed by atoms with Crippen molar-refractivity contribution in [2.75, 3.05) is 13.7 Å². The Morgan fingerprint density at radius 3 is 1.83 bits per heavy atom. The minimum absolute atomic E-state index is 0.0851. The fourth-order valence-corrected chi connectivity index (χ4v) is 5.32. The predicted molar refractivity (Wildman–Crippen MR) is 170 cm³/mol. The molecule has 0 aliphatic heterocycles. The van der Waals surface area contributed by atoms with E-state index in [4.69, 9.17) is 4.74 Å². The maximum Gasteiger partial charge on any atom is 0.328 e. The second-order valence-corrected chi connectivity index (χ2v) is 12.0. The van der Waals surface area contributed by atoms with E-state index in [0.29, 0.717) is 25.8 Å². The molecule has 2 amide bonds. The summed E-state index contributed by atoms with van der Waals surface area (Å²) in [5.74, 6) is -0.376. The smallest absolute Gasteiger partial charge is 0.328 e. The van der Waals surface area contributed by atoms with Crippen LogP contribution >= 0.6 is 0 Å². The van der Waals surface area contributed by atoms with E-state index in [1.54, 1.807) is 0 Å². The zero-order valence-corrected chi connectivity index (χ0v) is 27.3. The van der Waals surface area contributed by atoms with Crippen LogP contribution in [0.4, 0.5) is 0 Å². The van der Waals surface area contributed by atoms with E-state index in [0.717, 1.165) is 51.5 Å². The normalized spacial score (nSPS) is 11.8. The van der Waals surface area contributed by atoms with Crippen LogP contribution in [-0.4, -0.2) is 42.0 Å². The van der Waals surface area contributed by atoms with E-state index in [-0.39, 0.29) is 11.8 Å². The molecule has 0 aliphatic rings. The topological polar surface area (TPSA) is 93.3 Å². The molecule has 0 fully saturated rings. The lowest BCUT2D eigenvalue weighted by molar-refractivity contribution is -0.671. The van der Waals surface area contributed by atoms with Crippen LogP contribution in [0.2, 0.25) is 0 Å². The number of hydrogen-bond acceptors (Lipinski definition) is 4. The van der Waals surface area contributed by atoms with Crippen molar-refractivity contribution in [3.05, 3.63) is 18.7 Å². The Bertz CT molecular complexity index is 826. The minimum Gasteiger partial charge on any atom is -0.467 e. The van der Waals surface area contributed by atoms with Gasteiger partial charge in [-0.05, 0) is 44.9 Å². The molecule has 1 aromatic heterocycles. The number of carbonyl (C=O) groups excluding carboxylic acids is 3. The summed E-state index contributed by atoms with van der Waals surface area (Å²) in [4.78, 5) is 36.7. The van der Waals surface area contributed by atoms with Crippen molar-refractivity contribution in [1.29, 1.82) is 0 Å². The van der Waals surface area contributed by atoms with E-state index in [1.807, 2.05) is 7.05 Å². The molecule has 1 rings (SSSR count). The maximum absolute atomic E-state index is 12.4. The van der Waals surface area contributed by atoms with Crippen LogP contribution in [0.25, 0.3) is 0 Å². The lowest BCUT2D eigenvalue weighted by atomic mass is 10.1. The highest BCUT2D eigenvalue weighted by Gasteiger charge is 2.20. The fraction of sp³-hybridized carbons (Fsp3) is 0.824. The molecule has 42 heavy (non-hydrogen) atoms. The summed E-state index contributed by atoms with van der Waals surface area (Å²) in [6.45, 7) is 3.92. The van der Waals surface area contributed by atoms with Crippen LogP contribution in [-0.2, 0) is 32.7 Å². The van der Waals surface area contributed by atoms with Crippen molar-refractivity contribution < 1.29 is 23.7 Å². The van der Waals surface area contributed by atoms with Crippen LogP contribution in [0.1, 0.15) is 148 Å². The van der Waals surface area contributed by atoms with E-state index >= 15 is 0 Å². The van der Waals surface area contributed by atoms with Crippen LogP contribution in [0.15, 0.2) is 18.7 Å². The van der Waals surface area contributed by atoms with Gasteiger partial charge in [-0.15, -0.1) is 0 Å². The molecular weight excluding hydrogens is 528 g/mol. The molecule has 1 atom stereocenters. The Balaban J connectivity index is 2.01. The van der Waals surface area contributed by atoms with Gasteiger partial charge in [0.15, 0.2) is 0 Å². The zero-order valence-electron chi connectivity index (χ0n) is 27.3. The predicted octanol–water partition coefficient (Wildman–Crippen LogP) is 6.69. The quantitative estimate of drug-likeness (QED) is 0.0645. The Kier molecular flexibility index (Phi) is 23.5. The van der Waals surface area contributed by atoms with Gasteiger partial charge in [-0.3, -0.25) is 9.59 Å². The number of unbranched alkanes of at least 4 members (excludes halogenated alkanes) is 16. The molecule has 2 N–H and O–H groups in total. The number of nitrogens with zero attached hydrogens (tertiary/aromatic N) is 2. The molecular formula is C34H63N4O4+. The summed E-state index contributed by atoms with van der Waals surface area (Å²) in [5.41, 5.74) is 0. The number of esters is 1. The number of nitrogens with one attached hydrogen (secondary N) is 2. The maximum atomic E-state index is 12.4. The number of hydrogen-bond donors (Lipinski definition) is 2. The van der Waals surface area contributed by atoms with Crippen molar-refractivity contribution in [3.8, 4) is 0 Å². The van der Waals surface area contributed by atoms with Crippen LogP contribution in [0.3, 0.4) is 0 Å². The summed E-state index contributed by atoms with van der Waals surface area (Å²) in [5, 5.41) is 5.85. The first-order chi connectivity index (χ1) is 20.5. The number of rotatable bonds is 28. The van der Waals surface area contributed by atoms with Crippen molar-refractivity contribution >= 4 is 17.8 Å². The molecule has 0 spiro atoms. The molecule has 8 nitrogen and oxygen atoms in total. The highest BCUT2D eigenvalue weighted by atomic mass is 16.5. The molecule has 242 valence electrons. The third kappa shape index (κ3) is 21.3. The average molecular weight is 592 g/mol. The number of ether oxygens (including phenoxy) is 1. The van der Waals surface area contributed by atoms with Gasteiger partial charge in [-0.25, -0.2) is 13.9 Å². The van der Waals surface area contributed by atoms with Gasteiger partial charge in [0.1, 0.15) is 18.4 Å². The number of imidazole rings is 1. The third-order valence-electron chi connectivity index (χ3n) is 7.96. The zero-order chi connectivity index (χ0) is 30.7. The molecule has 0 aliphatic carbocycles. The SMILES string of the molecule is CCCCCCCCCCCC(=O)NCCCCC(NC(=O)CCCCCCCCCCn1cc[n+](C)c1)C(=O)OC. The number of amides is 2. The minimum atomic E-state index is -0.616. The van der Waals surface area contributed by atoms with Gasteiger partial charge < -0.3 is 15.4 Å². The number of aryl methyl sites for hydroxylation is 2. The summed E-state index contributed by atoms with van der Waals surface area (Å²) < 4.78 is 9.20.